The minimum absolute atomic E-state index is 0.0158. The molecule has 0 aliphatic rings. The van der Waals surface area contributed by atoms with Crippen LogP contribution in [0, 0.1) is 11.3 Å². The molecule has 1 aromatic heterocycles. The van der Waals surface area contributed by atoms with Gasteiger partial charge in [0, 0.05) is 5.56 Å². The van der Waals surface area contributed by atoms with Gasteiger partial charge in [-0.25, -0.2) is 8.78 Å². The van der Waals surface area contributed by atoms with Gasteiger partial charge in [-0.05, 0) is 13.0 Å². The number of pyridine rings is 1. The van der Waals surface area contributed by atoms with Crippen LogP contribution in [0.25, 0.3) is 0 Å². The summed E-state index contributed by atoms with van der Waals surface area (Å²) in [6.07, 6.45) is -3.20. The lowest BCUT2D eigenvalue weighted by atomic mass is 10.1. The van der Waals surface area contributed by atoms with E-state index in [1.54, 1.807) is 13.0 Å². The Morgan fingerprint density at radius 3 is 2.74 bits per heavy atom. The van der Waals surface area contributed by atoms with Crippen LogP contribution in [0.5, 0.6) is 0 Å². The summed E-state index contributed by atoms with van der Waals surface area (Å²) >= 11 is 5.60. The monoisotopic (exact) mass is 288 g/mol. The summed E-state index contributed by atoms with van der Waals surface area (Å²) in [6.45, 7) is 1.77. The van der Waals surface area contributed by atoms with Crippen LogP contribution in [-0.4, -0.2) is 17.6 Å². The van der Waals surface area contributed by atoms with Gasteiger partial charge in [-0.2, -0.15) is 5.26 Å². The smallest absolute Gasteiger partial charge is 0.311 e. The van der Waals surface area contributed by atoms with Gasteiger partial charge in [0.05, 0.1) is 35.9 Å². The first-order valence-corrected chi connectivity index (χ1v) is 5.99. The molecule has 1 aromatic rings. The van der Waals surface area contributed by atoms with Crippen LogP contribution in [-0.2, 0) is 21.8 Å². The van der Waals surface area contributed by atoms with Crippen molar-refractivity contribution in [3.63, 3.8) is 0 Å². The molecule has 0 bridgehead atoms. The van der Waals surface area contributed by atoms with E-state index in [4.69, 9.17) is 16.9 Å². The molecular formula is C12H11ClF2N2O2. The van der Waals surface area contributed by atoms with E-state index in [0.29, 0.717) is 0 Å². The molecule has 0 radical (unpaired) electrons. The van der Waals surface area contributed by atoms with Crippen molar-refractivity contribution < 1.29 is 18.3 Å². The van der Waals surface area contributed by atoms with Crippen LogP contribution in [0.4, 0.5) is 8.78 Å². The van der Waals surface area contributed by atoms with Crippen molar-refractivity contribution in [1.29, 1.82) is 5.26 Å². The number of rotatable bonds is 5. The van der Waals surface area contributed by atoms with E-state index in [2.05, 4.69) is 9.72 Å². The Morgan fingerprint density at radius 1 is 1.58 bits per heavy atom. The normalized spacial score (nSPS) is 10.3. The number of esters is 1. The molecule has 0 fully saturated rings. The molecule has 0 N–H and O–H groups in total. The van der Waals surface area contributed by atoms with Crippen LogP contribution in [0.3, 0.4) is 0 Å². The van der Waals surface area contributed by atoms with Gasteiger partial charge in [0.25, 0.3) is 6.43 Å². The molecule has 0 saturated carbocycles. The Labute approximate surface area is 114 Å². The third-order valence-corrected chi connectivity index (χ3v) is 2.57. The van der Waals surface area contributed by atoms with Gasteiger partial charge in [0.15, 0.2) is 0 Å². The van der Waals surface area contributed by atoms with Gasteiger partial charge >= 0.3 is 5.97 Å². The Kier molecular flexibility index (Phi) is 5.64. The Balaban J connectivity index is 3.20. The fraction of sp³-hybridized carbons (Fsp3) is 0.417. The third-order valence-electron chi connectivity index (χ3n) is 2.31. The molecule has 7 heteroatoms. The van der Waals surface area contributed by atoms with Crippen LogP contribution in [0.2, 0.25) is 0 Å². The van der Waals surface area contributed by atoms with Crippen molar-refractivity contribution in [2.75, 3.05) is 6.61 Å². The van der Waals surface area contributed by atoms with Crippen LogP contribution >= 0.6 is 11.6 Å². The Hall–Kier alpha value is -1.74. The van der Waals surface area contributed by atoms with E-state index in [-0.39, 0.29) is 35.9 Å². The van der Waals surface area contributed by atoms with Crippen molar-refractivity contribution in [3.05, 3.63) is 28.6 Å². The summed E-state index contributed by atoms with van der Waals surface area (Å²) in [4.78, 5) is 15.2. The molecule has 0 aromatic carbocycles. The zero-order valence-electron chi connectivity index (χ0n) is 10.1. The van der Waals surface area contributed by atoms with E-state index in [9.17, 15) is 13.6 Å². The average molecular weight is 289 g/mol. The fourth-order valence-corrected chi connectivity index (χ4v) is 1.69. The molecule has 0 atom stereocenters. The maximum absolute atomic E-state index is 12.9. The van der Waals surface area contributed by atoms with Gasteiger partial charge in [-0.1, -0.05) is 0 Å². The van der Waals surface area contributed by atoms with Crippen molar-refractivity contribution in [1.82, 2.24) is 4.98 Å². The molecule has 19 heavy (non-hydrogen) atoms. The highest BCUT2D eigenvalue weighted by molar-refractivity contribution is 6.17. The number of carbonyl (C=O) groups is 1. The zero-order valence-corrected chi connectivity index (χ0v) is 10.9. The van der Waals surface area contributed by atoms with Crippen molar-refractivity contribution in [2.45, 2.75) is 25.7 Å². The van der Waals surface area contributed by atoms with Gasteiger partial charge in [-0.3, -0.25) is 9.78 Å². The molecular weight excluding hydrogens is 278 g/mol. The molecule has 0 amide bonds. The number of ether oxygens (including phenoxy) is 1. The summed E-state index contributed by atoms with van der Waals surface area (Å²) < 4.78 is 30.5. The molecule has 0 unspecified atom stereocenters. The van der Waals surface area contributed by atoms with Crippen molar-refractivity contribution >= 4 is 17.6 Å². The number of hydrogen-bond acceptors (Lipinski definition) is 4. The van der Waals surface area contributed by atoms with Gasteiger partial charge in [0.1, 0.15) is 6.07 Å². The lowest BCUT2D eigenvalue weighted by Crippen LogP contribution is -2.13. The average Bonchev–Trinajstić information content (AvgIpc) is 2.38. The number of carbonyl (C=O) groups excluding carboxylic acids is 1. The molecule has 4 nitrogen and oxygen atoms in total. The largest absolute Gasteiger partial charge is 0.466 e. The van der Waals surface area contributed by atoms with Crippen LogP contribution in [0.1, 0.15) is 35.9 Å². The highest BCUT2D eigenvalue weighted by Gasteiger charge is 2.20. The van der Waals surface area contributed by atoms with E-state index in [1.807, 2.05) is 0 Å². The SMILES string of the molecule is CCOC(=O)Cc1nc(CCl)c(C#N)cc1C(F)F. The topological polar surface area (TPSA) is 63.0 Å². The van der Waals surface area contributed by atoms with Gasteiger partial charge in [-0.15, -0.1) is 11.6 Å². The van der Waals surface area contributed by atoms with E-state index in [0.717, 1.165) is 6.07 Å². The number of nitriles is 1. The van der Waals surface area contributed by atoms with Crippen molar-refractivity contribution in [2.24, 2.45) is 0 Å². The molecule has 1 heterocycles. The fourth-order valence-electron chi connectivity index (χ4n) is 1.49. The highest BCUT2D eigenvalue weighted by atomic mass is 35.5. The summed E-state index contributed by atoms with van der Waals surface area (Å²) in [7, 11) is 0. The minimum Gasteiger partial charge on any atom is -0.466 e. The van der Waals surface area contributed by atoms with Crippen LogP contribution in [0.15, 0.2) is 6.07 Å². The van der Waals surface area contributed by atoms with Gasteiger partial charge in [0.2, 0.25) is 0 Å². The highest BCUT2D eigenvalue weighted by Crippen LogP contribution is 2.25. The Bertz CT molecular complexity index is 515. The lowest BCUT2D eigenvalue weighted by Gasteiger charge is -2.10. The number of aromatic nitrogens is 1. The predicted octanol–water partition coefficient (Wildman–Crippen LogP) is 2.74. The lowest BCUT2D eigenvalue weighted by molar-refractivity contribution is -0.142. The summed E-state index contributed by atoms with van der Waals surface area (Å²) in [6, 6.07) is 2.77. The number of nitrogens with zero attached hydrogens (tertiary/aromatic N) is 2. The number of halogens is 3. The first kappa shape index (κ1) is 15.3. The maximum Gasteiger partial charge on any atom is 0.311 e. The maximum atomic E-state index is 12.9. The first-order chi connectivity index (χ1) is 9.03. The second kappa shape index (κ2) is 7.00. The van der Waals surface area contributed by atoms with E-state index >= 15 is 0 Å². The standard InChI is InChI=1S/C12H11ClF2N2O2/c1-2-19-11(18)4-9-8(12(14)15)3-7(6-16)10(5-13)17-9/h3,12H,2,4-5H2,1H3. The molecule has 0 spiro atoms. The third kappa shape index (κ3) is 3.86. The molecule has 1 rings (SSSR count). The number of hydrogen-bond donors (Lipinski definition) is 0. The second-order valence-corrected chi connectivity index (χ2v) is 3.81. The summed E-state index contributed by atoms with van der Waals surface area (Å²) in [5.74, 6) is -0.746. The second-order valence-electron chi connectivity index (χ2n) is 3.55. The van der Waals surface area contributed by atoms with E-state index in [1.165, 1.54) is 0 Å². The number of alkyl halides is 3. The van der Waals surface area contributed by atoms with Crippen LogP contribution < -0.4 is 0 Å². The summed E-state index contributed by atoms with van der Waals surface area (Å²) in [5.41, 5.74) is -0.396. The summed E-state index contributed by atoms with van der Waals surface area (Å²) in [5, 5.41) is 8.83. The predicted molar refractivity (Wildman–Crippen MR) is 63.8 cm³/mol. The van der Waals surface area contributed by atoms with Gasteiger partial charge < -0.3 is 4.74 Å². The molecule has 102 valence electrons. The molecule has 0 aliphatic carbocycles. The Morgan fingerprint density at radius 2 is 2.26 bits per heavy atom. The van der Waals surface area contributed by atoms with E-state index < -0.39 is 18.0 Å². The quantitative estimate of drug-likeness (QED) is 0.617. The molecule has 0 saturated heterocycles. The first-order valence-electron chi connectivity index (χ1n) is 5.46. The molecule has 0 aliphatic heterocycles. The zero-order chi connectivity index (χ0) is 14.4. The van der Waals surface area contributed by atoms with Crippen molar-refractivity contribution in [3.8, 4) is 6.07 Å². The minimum atomic E-state index is -2.83.